The number of nitrogens with zero attached hydrogens (tertiary/aromatic N) is 1. The minimum Gasteiger partial charge on any atom is -0.325 e. The third-order valence-corrected chi connectivity index (χ3v) is 4.62. The zero-order chi connectivity index (χ0) is 13.3. The molecule has 1 N–H and O–H groups in total. The van der Waals surface area contributed by atoms with Crippen LogP contribution in [-0.2, 0) is 4.79 Å². The first-order valence-electron chi connectivity index (χ1n) is 7.45. The molecule has 2 atom stereocenters. The molecule has 104 valence electrons. The van der Waals surface area contributed by atoms with Crippen LogP contribution in [0.25, 0.3) is 0 Å². The minimum atomic E-state index is 0.0581. The lowest BCUT2D eigenvalue weighted by molar-refractivity contribution is -0.134. The second-order valence-electron chi connectivity index (χ2n) is 7.10. The SMILES string of the molecule is CC(C)CC1NCN(C2CCCCC2(C)C)C1=O. The van der Waals surface area contributed by atoms with Gasteiger partial charge >= 0.3 is 0 Å². The van der Waals surface area contributed by atoms with Gasteiger partial charge in [0.15, 0.2) is 0 Å². The van der Waals surface area contributed by atoms with E-state index in [2.05, 4.69) is 37.9 Å². The van der Waals surface area contributed by atoms with Gasteiger partial charge in [-0.3, -0.25) is 10.1 Å². The molecule has 1 saturated heterocycles. The van der Waals surface area contributed by atoms with E-state index in [9.17, 15) is 4.79 Å². The van der Waals surface area contributed by atoms with Gasteiger partial charge in [0.05, 0.1) is 12.7 Å². The van der Waals surface area contributed by atoms with Crippen molar-refractivity contribution in [2.24, 2.45) is 11.3 Å². The number of hydrogen-bond donors (Lipinski definition) is 1. The van der Waals surface area contributed by atoms with Crippen molar-refractivity contribution in [1.29, 1.82) is 0 Å². The third kappa shape index (κ3) is 2.71. The number of carbonyl (C=O) groups is 1. The lowest BCUT2D eigenvalue weighted by Crippen LogP contribution is -2.48. The number of hydrogen-bond acceptors (Lipinski definition) is 2. The van der Waals surface area contributed by atoms with Crippen molar-refractivity contribution in [2.45, 2.75) is 71.9 Å². The molecule has 1 amide bonds. The highest BCUT2D eigenvalue weighted by Gasteiger charge is 2.42. The molecule has 2 rings (SSSR count). The Morgan fingerprint density at radius 1 is 1.39 bits per heavy atom. The van der Waals surface area contributed by atoms with Crippen LogP contribution in [0.2, 0.25) is 0 Å². The smallest absolute Gasteiger partial charge is 0.241 e. The van der Waals surface area contributed by atoms with Crippen molar-refractivity contribution in [2.75, 3.05) is 6.67 Å². The fourth-order valence-electron chi connectivity index (χ4n) is 3.55. The normalized spacial score (nSPS) is 32.3. The van der Waals surface area contributed by atoms with Crippen molar-refractivity contribution in [3.8, 4) is 0 Å². The summed E-state index contributed by atoms with van der Waals surface area (Å²) in [6.45, 7) is 9.76. The van der Waals surface area contributed by atoms with Crippen molar-refractivity contribution < 1.29 is 4.79 Å². The first-order valence-corrected chi connectivity index (χ1v) is 7.45. The summed E-state index contributed by atoms with van der Waals surface area (Å²) >= 11 is 0. The molecule has 1 saturated carbocycles. The summed E-state index contributed by atoms with van der Waals surface area (Å²) < 4.78 is 0. The maximum absolute atomic E-state index is 12.5. The van der Waals surface area contributed by atoms with Crippen LogP contribution in [0.15, 0.2) is 0 Å². The van der Waals surface area contributed by atoms with Crippen LogP contribution in [0.1, 0.15) is 59.8 Å². The average molecular weight is 252 g/mol. The Hall–Kier alpha value is -0.570. The summed E-state index contributed by atoms with van der Waals surface area (Å²) in [4.78, 5) is 14.6. The number of amides is 1. The largest absolute Gasteiger partial charge is 0.325 e. The monoisotopic (exact) mass is 252 g/mol. The van der Waals surface area contributed by atoms with Gasteiger partial charge < -0.3 is 4.90 Å². The minimum absolute atomic E-state index is 0.0581. The lowest BCUT2D eigenvalue weighted by Gasteiger charge is -2.43. The zero-order valence-electron chi connectivity index (χ0n) is 12.3. The molecule has 0 aromatic heterocycles. The molecular formula is C15H28N2O. The Kier molecular flexibility index (Phi) is 4.00. The quantitative estimate of drug-likeness (QED) is 0.837. The molecule has 1 heterocycles. The van der Waals surface area contributed by atoms with Crippen LogP contribution in [-0.4, -0.2) is 29.6 Å². The van der Waals surface area contributed by atoms with Crippen LogP contribution < -0.4 is 5.32 Å². The van der Waals surface area contributed by atoms with E-state index in [0.717, 1.165) is 13.1 Å². The maximum Gasteiger partial charge on any atom is 0.241 e. The molecule has 1 aliphatic heterocycles. The van der Waals surface area contributed by atoms with Gasteiger partial charge in [-0.2, -0.15) is 0 Å². The Balaban J connectivity index is 2.04. The fourth-order valence-corrected chi connectivity index (χ4v) is 3.55. The molecule has 1 aliphatic carbocycles. The van der Waals surface area contributed by atoms with E-state index in [1.807, 2.05) is 0 Å². The summed E-state index contributed by atoms with van der Waals surface area (Å²) in [5.74, 6) is 0.912. The van der Waals surface area contributed by atoms with Gasteiger partial charge in [0.25, 0.3) is 0 Å². The van der Waals surface area contributed by atoms with Crippen LogP contribution in [0.5, 0.6) is 0 Å². The molecule has 0 bridgehead atoms. The van der Waals surface area contributed by atoms with Crippen molar-refractivity contribution in [3.05, 3.63) is 0 Å². The maximum atomic E-state index is 12.5. The molecular weight excluding hydrogens is 224 g/mol. The van der Waals surface area contributed by atoms with Crippen LogP contribution in [0, 0.1) is 11.3 Å². The van der Waals surface area contributed by atoms with E-state index in [-0.39, 0.29) is 11.5 Å². The van der Waals surface area contributed by atoms with E-state index in [1.54, 1.807) is 0 Å². The summed E-state index contributed by atoms with van der Waals surface area (Å²) in [5, 5.41) is 3.40. The van der Waals surface area contributed by atoms with Gasteiger partial charge in [0.2, 0.25) is 5.91 Å². The average Bonchev–Trinajstić information content (AvgIpc) is 2.60. The summed E-state index contributed by atoms with van der Waals surface area (Å²) in [5.41, 5.74) is 0.280. The Morgan fingerprint density at radius 3 is 2.72 bits per heavy atom. The molecule has 0 aromatic carbocycles. The predicted molar refractivity (Wildman–Crippen MR) is 74.1 cm³/mol. The first kappa shape index (κ1) is 13.9. The van der Waals surface area contributed by atoms with Gasteiger partial charge in [0, 0.05) is 6.04 Å². The standard InChI is InChI=1S/C15H28N2O/c1-11(2)9-12-14(18)17(10-16-12)13-7-5-6-8-15(13,3)4/h11-13,16H,5-10H2,1-4H3. The van der Waals surface area contributed by atoms with Gasteiger partial charge in [-0.15, -0.1) is 0 Å². The third-order valence-electron chi connectivity index (χ3n) is 4.62. The highest BCUT2D eigenvalue weighted by molar-refractivity contribution is 5.84. The van der Waals surface area contributed by atoms with Crippen molar-refractivity contribution in [3.63, 3.8) is 0 Å². The van der Waals surface area contributed by atoms with Crippen LogP contribution >= 0.6 is 0 Å². The van der Waals surface area contributed by atoms with E-state index in [0.29, 0.717) is 17.9 Å². The van der Waals surface area contributed by atoms with E-state index >= 15 is 0 Å². The van der Waals surface area contributed by atoms with Gasteiger partial charge in [-0.1, -0.05) is 40.5 Å². The van der Waals surface area contributed by atoms with Gasteiger partial charge in [-0.25, -0.2) is 0 Å². The van der Waals surface area contributed by atoms with E-state index < -0.39 is 0 Å². The summed E-state index contributed by atoms with van der Waals surface area (Å²) in [7, 11) is 0. The van der Waals surface area contributed by atoms with E-state index in [1.165, 1.54) is 25.7 Å². The molecule has 0 spiro atoms. The predicted octanol–water partition coefficient (Wildman–Crippen LogP) is 2.76. The van der Waals surface area contributed by atoms with Crippen molar-refractivity contribution in [1.82, 2.24) is 10.2 Å². The van der Waals surface area contributed by atoms with Crippen LogP contribution in [0.3, 0.4) is 0 Å². The number of rotatable bonds is 3. The second kappa shape index (κ2) is 5.20. The molecule has 0 aromatic rings. The van der Waals surface area contributed by atoms with Crippen molar-refractivity contribution >= 4 is 5.91 Å². The number of carbonyl (C=O) groups excluding carboxylic acids is 1. The molecule has 18 heavy (non-hydrogen) atoms. The lowest BCUT2D eigenvalue weighted by atomic mass is 9.72. The molecule has 3 heteroatoms. The highest BCUT2D eigenvalue weighted by atomic mass is 16.2. The number of nitrogens with one attached hydrogen (secondary N) is 1. The molecule has 2 fully saturated rings. The first-order chi connectivity index (χ1) is 8.42. The Morgan fingerprint density at radius 2 is 2.11 bits per heavy atom. The van der Waals surface area contributed by atoms with Gasteiger partial charge in [0.1, 0.15) is 0 Å². The summed E-state index contributed by atoms with van der Waals surface area (Å²) in [6.07, 6.45) is 5.97. The summed E-state index contributed by atoms with van der Waals surface area (Å²) in [6, 6.07) is 0.492. The Bertz CT molecular complexity index is 312. The van der Waals surface area contributed by atoms with Crippen LogP contribution in [0.4, 0.5) is 0 Å². The topological polar surface area (TPSA) is 32.3 Å². The molecule has 2 aliphatic rings. The zero-order valence-corrected chi connectivity index (χ0v) is 12.3. The molecule has 0 radical (unpaired) electrons. The Labute approximate surface area is 111 Å². The fraction of sp³-hybridized carbons (Fsp3) is 0.933. The van der Waals surface area contributed by atoms with E-state index in [4.69, 9.17) is 0 Å². The molecule has 3 nitrogen and oxygen atoms in total. The molecule has 2 unspecified atom stereocenters. The highest BCUT2D eigenvalue weighted by Crippen LogP contribution is 2.39. The van der Waals surface area contributed by atoms with Gasteiger partial charge in [-0.05, 0) is 30.6 Å². The second-order valence-corrected chi connectivity index (χ2v) is 7.10.